The first-order valence-corrected chi connectivity index (χ1v) is 12.1. The van der Waals surface area contributed by atoms with Crippen molar-refractivity contribution in [2.45, 2.75) is 26.9 Å². The molecule has 0 spiro atoms. The summed E-state index contributed by atoms with van der Waals surface area (Å²) in [5, 5.41) is 0.711. The zero-order chi connectivity index (χ0) is 24.1. The number of anilines is 1. The first-order valence-electron chi connectivity index (χ1n) is 11.7. The number of hydrogen-bond donors (Lipinski definition) is 0. The summed E-state index contributed by atoms with van der Waals surface area (Å²) in [6.07, 6.45) is 0.672. The van der Waals surface area contributed by atoms with Crippen molar-refractivity contribution < 1.29 is 9.53 Å². The Morgan fingerprint density at radius 3 is 2.29 bits per heavy atom. The Bertz CT molecular complexity index is 1110. The van der Waals surface area contributed by atoms with Gasteiger partial charge in [-0.1, -0.05) is 67.9 Å². The van der Waals surface area contributed by atoms with Crippen molar-refractivity contribution in [3.05, 3.63) is 76.4 Å². The molecule has 7 heteroatoms. The fraction of sp³-hybridized carbons (Fsp3) is 0.370. The molecule has 0 bridgehead atoms. The average Bonchev–Trinajstić information content (AvgIpc) is 2.86. The van der Waals surface area contributed by atoms with Gasteiger partial charge in [0.1, 0.15) is 5.82 Å². The molecule has 0 saturated carbocycles. The van der Waals surface area contributed by atoms with Gasteiger partial charge >= 0.3 is 0 Å². The van der Waals surface area contributed by atoms with Crippen molar-refractivity contribution in [2.75, 3.05) is 38.2 Å². The highest BCUT2D eigenvalue weighted by atomic mass is 35.5. The van der Waals surface area contributed by atoms with Crippen LogP contribution >= 0.6 is 11.6 Å². The van der Waals surface area contributed by atoms with Gasteiger partial charge in [0, 0.05) is 61.8 Å². The van der Waals surface area contributed by atoms with E-state index < -0.39 is 0 Å². The van der Waals surface area contributed by atoms with E-state index in [0.717, 1.165) is 41.3 Å². The molecule has 3 aromatic rings. The zero-order valence-electron chi connectivity index (χ0n) is 20.0. The fourth-order valence-corrected chi connectivity index (χ4v) is 4.37. The summed E-state index contributed by atoms with van der Waals surface area (Å²) in [4.78, 5) is 26.7. The summed E-state index contributed by atoms with van der Waals surface area (Å²) in [5.41, 5.74) is 4.02. The van der Waals surface area contributed by atoms with E-state index in [0.29, 0.717) is 37.0 Å². The number of carbonyl (C=O) groups excluding carboxylic acids is 1. The van der Waals surface area contributed by atoms with Gasteiger partial charge in [-0.2, -0.15) is 0 Å². The maximum Gasteiger partial charge on any atom is 0.225 e. The maximum atomic E-state index is 12.5. The van der Waals surface area contributed by atoms with Crippen LogP contribution in [0.4, 0.5) is 5.82 Å². The van der Waals surface area contributed by atoms with Gasteiger partial charge in [-0.15, -0.1) is 0 Å². The lowest BCUT2D eigenvalue weighted by atomic mass is 10.0. The highest BCUT2D eigenvalue weighted by Gasteiger charge is 2.27. The molecule has 1 aliphatic heterocycles. The minimum absolute atomic E-state index is 0.00375. The Morgan fingerprint density at radius 2 is 1.68 bits per heavy atom. The van der Waals surface area contributed by atoms with Crippen LogP contribution in [0.15, 0.2) is 54.6 Å². The van der Waals surface area contributed by atoms with E-state index >= 15 is 0 Å². The summed E-state index contributed by atoms with van der Waals surface area (Å²) in [7, 11) is 1.69. The molecule has 1 fully saturated rings. The zero-order valence-corrected chi connectivity index (χ0v) is 20.8. The number of halogens is 1. The van der Waals surface area contributed by atoms with Gasteiger partial charge in [-0.25, -0.2) is 9.97 Å². The number of carbonyl (C=O) groups is 1. The van der Waals surface area contributed by atoms with Gasteiger partial charge < -0.3 is 14.5 Å². The monoisotopic (exact) mass is 478 g/mol. The molecule has 34 heavy (non-hydrogen) atoms. The van der Waals surface area contributed by atoms with Crippen LogP contribution in [0.3, 0.4) is 0 Å². The Hall–Kier alpha value is -2.96. The predicted molar refractivity (Wildman–Crippen MR) is 136 cm³/mol. The molecule has 4 rings (SSSR count). The number of methoxy groups -OCH3 is 1. The second-order valence-electron chi connectivity index (χ2n) is 8.87. The molecule has 0 unspecified atom stereocenters. The molecule has 0 radical (unpaired) electrons. The summed E-state index contributed by atoms with van der Waals surface area (Å²) in [6.45, 7) is 7.11. The largest absolute Gasteiger partial charge is 0.378 e. The van der Waals surface area contributed by atoms with Crippen LogP contribution < -0.4 is 4.90 Å². The summed E-state index contributed by atoms with van der Waals surface area (Å²) < 4.78 is 5.55. The third kappa shape index (κ3) is 5.57. The predicted octanol–water partition coefficient (Wildman–Crippen LogP) is 4.84. The van der Waals surface area contributed by atoms with E-state index in [9.17, 15) is 4.79 Å². The quantitative estimate of drug-likeness (QED) is 0.486. The van der Waals surface area contributed by atoms with Crippen LogP contribution in [0, 0.1) is 5.92 Å². The maximum absolute atomic E-state index is 12.5. The highest BCUT2D eigenvalue weighted by Crippen LogP contribution is 2.29. The molecule has 2 aromatic carbocycles. The molecule has 1 aromatic heterocycles. The Morgan fingerprint density at radius 1 is 1.00 bits per heavy atom. The minimum Gasteiger partial charge on any atom is -0.378 e. The van der Waals surface area contributed by atoms with E-state index in [1.54, 1.807) is 7.11 Å². The highest BCUT2D eigenvalue weighted by molar-refractivity contribution is 6.30. The number of aromatic nitrogens is 2. The van der Waals surface area contributed by atoms with Gasteiger partial charge in [0.2, 0.25) is 5.91 Å². The molecule has 178 valence electrons. The van der Waals surface area contributed by atoms with Gasteiger partial charge in [-0.3, -0.25) is 4.79 Å². The fourth-order valence-electron chi connectivity index (χ4n) is 4.24. The molecule has 1 saturated heterocycles. The standard InChI is InChI=1S/C27H31ClN4O2/c1-19(2)27(33)32-15-13-31(14-16-32)26-23(17-20-9-11-22(28)12-10-20)24(18-34-3)29-25(30-26)21-7-5-4-6-8-21/h4-12,19H,13-18H2,1-3H3. The Balaban J connectivity index is 1.74. The summed E-state index contributed by atoms with van der Waals surface area (Å²) >= 11 is 6.11. The van der Waals surface area contributed by atoms with Crippen molar-refractivity contribution in [1.29, 1.82) is 0 Å². The number of benzene rings is 2. The molecule has 0 atom stereocenters. The van der Waals surface area contributed by atoms with E-state index in [1.807, 2.05) is 73.3 Å². The van der Waals surface area contributed by atoms with Crippen molar-refractivity contribution in [1.82, 2.24) is 14.9 Å². The van der Waals surface area contributed by atoms with Crippen LogP contribution in [0.2, 0.25) is 5.02 Å². The third-order valence-electron chi connectivity index (χ3n) is 6.06. The Kier molecular flexibility index (Phi) is 7.80. The molecule has 1 aliphatic rings. The van der Waals surface area contributed by atoms with E-state index in [1.165, 1.54) is 0 Å². The number of piperazine rings is 1. The molecule has 1 amide bonds. The topological polar surface area (TPSA) is 58.6 Å². The summed E-state index contributed by atoms with van der Waals surface area (Å²) in [6, 6.07) is 17.9. The number of hydrogen-bond acceptors (Lipinski definition) is 5. The van der Waals surface area contributed by atoms with Gasteiger partial charge in [-0.05, 0) is 17.7 Å². The van der Waals surface area contributed by atoms with Crippen LogP contribution in [-0.2, 0) is 22.6 Å². The van der Waals surface area contributed by atoms with Crippen LogP contribution in [0.1, 0.15) is 30.7 Å². The van der Waals surface area contributed by atoms with Gasteiger partial charge in [0.25, 0.3) is 0 Å². The van der Waals surface area contributed by atoms with E-state index in [4.69, 9.17) is 26.3 Å². The second kappa shape index (κ2) is 11.0. The number of amides is 1. The lowest BCUT2D eigenvalue weighted by Crippen LogP contribution is -2.50. The third-order valence-corrected chi connectivity index (χ3v) is 6.31. The van der Waals surface area contributed by atoms with Crippen molar-refractivity contribution >= 4 is 23.3 Å². The normalized spacial score (nSPS) is 14.0. The molecule has 2 heterocycles. The van der Waals surface area contributed by atoms with Crippen LogP contribution in [0.5, 0.6) is 0 Å². The van der Waals surface area contributed by atoms with Crippen LogP contribution in [0.25, 0.3) is 11.4 Å². The number of nitrogens with zero attached hydrogens (tertiary/aromatic N) is 4. The van der Waals surface area contributed by atoms with Crippen molar-refractivity contribution in [3.63, 3.8) is 0 Å². The molecule has 6 nitrogen and oxygen atoms in total. The first-order chi connectivity index (χ1) is 16.5. The molecular formula is C27H31ClN4O2. The van der Waals surface area contributed by atoms with Crippen molar-refractivity contribution in [3.8, 4) is 11.4 Å². The minimum atomic E-state index is 0.00375. The van der Waals surface area contributed by atoms with E-state index in [-0.39, 0.29) is 11.8 Å². The lowest BCUT2D eigenvalue weighted by Gasteiger charge is -2.37. The van der Waals surface area contributed by atoms with Crippen LogP contribution in [-0.4, -0.2) is 54.1 Å². The van der Waals surface area contributed by atoms with Gasteiger partial charge in [0.15, 0.2) is 5.82 Å². The van der Waals surface area contributed by atoms with E-state index in [2.05, 4.69) is 4.90 Å². The first kappa shape index (κ1) is 24.2. The molecular weight excluding hydrogens is 448 g/mol. The molecule has 0 N–H and O–H groups in total. The second-order valence-corrected chi connectivity index (χ2v) is 9.30. The SMILES string of the molecule is COCc1nc(-c2ccccc2)nc(N2CCN(C(=O)C(C)C)CC2)c1Cc1ccc(Cl)cc1. The number of rotatable bonds is 7. The number of ether oxygens (including phenoxy) is 1. The van der Waals surface area contributed by atoms with Gasteiger partial charge in [0.05, 0.1) is 12.3 Å². The van der Waals surface area contributed by atoms with Crippen molar-refractivity contribution in [2.24, 2.45) is 5.92 Å². The lowest BCUT2D eigenvalue weighted by molar-refractivity contribution is -0.134. The Labute approximate surface area is 206 Å². The molecule has 0 aliphatic carbocycles. The smallest absolute Gasteiger partial charge is 0.225 e. The average molecular weight is 479 g/mol. The summed E-state index contributed by atoms with van der Waals surface area (Å²) in [5.74, 6) is 1.80.